The van der Waals surface area contributed by atoms with Gasteiger partial charge in [-0.25, -0.2) is 0 Å². The Balaban J connectivity index is 2.22. The average molecular weight is 108 g/mol. The molecule has 0 spiro atoms. The summed E-state index contributed by atoms with van der Waals surface area (Å²) in [5.41, 5.74) is 0. The van der Waals surface area contributed by atoms with E-state index in [1.807, 2.05) is 12.3 Å². The summed E-state index contributed by atoms with van der Waals surface area (Å²) in [6.45, 7) is 0. The Bertz CT molecular complexity index is 124. The first kappa shape index (κ1) is 5.17. The van der Waals surface area contributed by atoms with Gasteiger partial charge in [0, 0.05) is 6.04 Å². The minimum atomic E-state index is 0.389. The van der Waals surface area contributed by atoms with Crippen molar-refractivity contribution in [3.8, 4) is 6.07 Å². The molecule has 0 aromatic heterocycles. The molecule has 0 fully saturated rings. The molecule has 1 unspecified atom stereocenters. The summed E-state index contributed by atoms with van der Waals surface area (Å²) in [4.78, 5) is 0. The molecular weight excluding hydrogens is 100 g/mol. The van der Waals surface area contributed by atoms with Crippen LogP contribution in [0.15, 0.2) is 12.3 Å². The highest BCUT2D eigenvalue weighted by Gasteiger charge is 2.06. The number of rotatable bonds is 1. The first-order chi connectivity index (χ1) is 3.93. The van der Waals surface area contributed by atoms with Gasteiger partial charge in [-0.3, -0.25) is 0 Å². The average Bonchev–Trinajstić information content (AvgIpc) is 2.19. The first-order valence-corrected chi connectivity index (χ1v) is 2.71. The van der Waals surface area contributed by atoms with Gasteiger partial charge in [0.25, 0.3) is 0 Å². The molecule has 1 atom stereocenters. The Labute approximate surface area is 48.8 Å². The molecule has 0 bridgehead atoms. The Morgan fingerprint density at radius 3 is 3.25 bits per heavy atom. The topological polar surface area (TPSA) is 35.8 Å². The van der Waals surface area contributed by atoms with E-state index in [-0.39, 0.29) is 0 Å². The molecule has 0 radical (unpaired) electrons. The minimum Gasteiger partial charge on any atom is -0.387 e. The van der Waals surface area contributed by atoms with Crippen LogP contribution >= 0.6 is 0 Å². The summed E-state index contributed by atoms with van der Waals surface area (Å²) in [7, 11) is 0. The van der Waals surface area contributed by atoms with Crippen LogP contribution in [0.5, 0.6) is 0 Å². The molecule has 0 saturated heterocycles. The lowest BCUT2D eigenvalue weighted by Crippen LogP contribution is -2.17. The molecule has 2 heteroatoms. The van der Waals surface area contributed by atoms with Crippen molar-refractivity contribution in [1.29, 1.82) is 5.26 Å². The van der Waals surface area contributed by atoms with Gasteiger partial charge in [0.15, 0.2) is 0 Å². The Kier molecular flexibility index (Phi) is 1.53. The van der Waals surface area contributed by atoms with Crippen LogP contribution in [0.1, 0.15) is 12.8 Å². The van der Waals surface area contributed by atoms with Gasteiger partial charge in [-0.2, -0.15) is 5.26 Å². The predicted octanol–water partition coefficient (Wildman–Crippen LogP) is 0.776. The molecule has 1 aliphatic rings. The van der Waals surface area contributed by atoms with Crippen molar-refractivity contribution in [2.45, 2.75) is 18.9 Å². The molecule has 0 saturated carbocycles. The van der Waals surface area contributed by atoms with E-state index in [9.17, 15) is 0 Å². The first-order valence-electron chi connectivity index (χ1n) is 2.71. The molecule has 0 amide bonds. The van der Waals surface area contributed by atoms with Gasteiger partial charge in [-0.05, 0) is 12.6 Å². The van der Waals surface area contributed by atoms with E-state index >= 15 is 0 Å². The molecule has 0 aliphatic carbocycles. The molecule has 1 aliphatic heterocycles. The van der Waals surface area contributed by atoms with Crippen molar-refractivity contribution in [2.24, 2.45) is 0 Å². The zero-order valence-electron chi connectivity index (χ0n) is 4.59. The van der Waals surface area contributed by atoms with Crippen LogP contribution in [0.3, 0.4) is 0 Å². The number of nitrogens with zero attached hydrogens (tertiary/aromatic N) is 1. The standard InChI is InChI=1S/C6H8N2/c7-4-3-6-2-1-5-8-6/h1,5-6,8H,2-3H2. The van der Waals surface area contributed by atoms with E-state index in [1.54, 1.807) is 0 Å². The summed E-state index contributed by atoms with van der Waals surface area (Å²) < 4.78 is 0. The van der Waals surface area contributed by atoms with E-state index in [0.29, 0.717) is 12.5 Å². The van der Waals surface area contributed by atoms with Gasteiger partial charge in [-0.1, -0.05) is 6.08 Å². The van der Waals surface area contributed by atoms with E-state index in [1.165, 1.54) is 0 Å². The number of hydrogen-bond donors (Lipinski definition) is 1. The smallest absolute Gasteiger partial charge is 0.0643 e. The highest BCUT2D eigenvalue weighted by molar-refractivity contribution is 4.98. The highest BCUT2D eigenvalue weighted by Crippen LogP contribution is 2.03. The van der Waals surface area contributed by atoms with Crippen molar-refractivity contribution in [3.63, 3.8) is 0 Å². The fourth-order valence-corrected chi connectivity index (χ4v) is 0.757. The van der Waals surface area contributed by atoms with Crippen LogP contribution in [-0.2, 0) is 0 Å². The number of nitriles is 1. The third kappa shape index (κ3) is 1.00. The lowest BCUT2D eigenvalue weighted by atomic mass is 10.2. The monoisotopic (exact) mass is 108 g/mol. The maximum atomic E-state index is 8.21. The lowest BCUT2D eigenvalue weighted by molar-refractivity contribution is 0.642. The fraction of sp³-hybridized carbons (Fsp3) is 0.500. The largest absolute Gasteiger partial charge is 0.387 e. The van der Waals surface area contributed by atoms with E-state index in [0.717, 1.165) is 6.42 Å². The summed E-state index contributed by atoms with van der Waals surface area (Å²) in [6.07, 6.45) is 5.57. The lowest BCUT2D eigenvalue weighted by Gasteiger charge is -2.02. The van der Waals surface area contributed by atoms with E-state index < -0.39 is 0 Å². The van der Waals surface area contributed by atoms with Crippen LogP contribution in [0.2, 0.25) is 0 Å². The summed E-state index contributed by atoms with van der Waals surface area (Å²) >= 11 is 0. The second kappa shape index (κ2) is 2.37. The fourth-order valence-electron chi connectivity index (χ4n) is 0.757. The predicted molar refractivity (Wildman–Crippen MR) is 30.9 cm³/mol. The van der Waals surface area contributed by atoms with Crippen molar-refractivity contribution >= 4 is 0 Å². The van der Waals surface area contributed by atoms with Gasteiger partial charge < -0.3 is 5.32 Å². The Morgan fingerprint density at radius 2 is 2.75 bits per heavy atom. The van der Waals surface area contributed by atoms with Crippen LogP contribution in [-0.4, -0.2) is 6.04 Å². The summed E-state index contributed by atoms with van der Waals surface area (Å²) in [6, 6.07) is 2.50. The van der Waals surface area contributed by atoms with Gasteiger partial charge in [0.1, 0.15) is 0 Å². The molecule has 1 rings (SSSR count). The molecule has 1 heterocycles. The third-order valence-corrected chi connectivity index (χ3v) is 1.21. The highest BCUT2D eigenvalue weighted by atomic mass is 14.9. The zero-order valence-corrected chi connectivity index (χ0v) is 4.59. The van der Waals surface area contributed by atoms with Crippen molar-refractivity contribution in [1.82, 2.24) is 5.32 Å². The van der Waals surface area contributed by atoms with Crippen LogP contribution in [0, 0.1) is 11.3 Å². The van der Waals surface area contributed by atoms with Crippen LogP contribution < -0.4 is 5.32 Å². The summed E-state index contributed by atoms with van der Waals surface area (Å²) in [5.74, 6) is 0. The van der Waals surface area contributed by atoms with Gasteiger partial charge in [-0.15, -0.1) is 0 Å². The van der Waals surface area contributed by atoms with Gasteiger partial charge in [0.05, 0.1) is 12.5 Å². The minimum absolute atomic E-state index is 0.389. The molecule has 0 aromatic carbocycles. The Morgan fingerprint density at radius 1 is 1.88 bits per heavy atom. The molecular formula is C6H8N2. The molecule has 42 valence electrons. The third-order valence-electron chi connectivity index (χ3n) is 1.21. The SMILES string of the molecule is N#CCC1CC=CN1. The van der Waals surface area contributed by atoms with Crippen molar-refractivity contribution in [3.05, 3.63) is 12.3 Å². The number of hydrogen-bond acceptors (Lipinski definition) is 2. The molecule has 1 N–H and O–H groups in total. The van der Waals surface area contributed by atoms with Crippen LogP contribution in [0.4, 0.5) is 0 Å². The van der Waals surface area contributed by atoms with Crippen molar-refractivity contribution < 1.29 is 0 Å². The van der Waals surface area contributed by atoms with E-state index in [2.05, 4.69) is 11.4 Å². The second-order valence-corrected chi connectivity index (χ2v) is 1.86. The Hall–Kier alpha value is -0.970. The normalized spacial score (nSPS) is 24.6. The summed E-state index contributed by atoms with van der Waals surface area (Å²) in [5, 5.41) is 11.3. The molecule has 2 nitrogen and oxygen atoms in total. The maximum Gasteiger partial charge on any atom is 0.0643 e. The van der Waals surface area contributed by atoms with Gasteiger partial charge >= 0.3 is 0 Å². The van der Waals surface area contributed by atoms with Crippen LogP contribution in [0.25, 0.3) is 0 Å². The van der Waals surface area contributed by atoms with Gasteiger partial charge in [0.2, 0.25) is 0 Å². The van der Waals surface area contributed by atoms with Crippen molar-refractivity contribution in [2.75, 3.05) is 0 Å². The molecule has 8 heavy (non-hydrogen) atoms. The maximum absolute atomic E-state index is 8.21. The second-order valence-electron chi connectivity index (χ2n) is 1.86. The molecule has 0 aromatic rings. The zero-order chi connectivity index (χ0) is 5.82. The quantitative estimate of drug-likeness (QED) is 0.538. The number of nitrogens with one attached hydrogen (secondary N) is 1. The van der Waals surface area contributed by atoms with E-state index in [4.69, 9.17) is 5.26 Å².